The van der Waals surface area contributed by atoms with Crippen molar-refractivity contribution >= 4 is 77.0 Å². The summed E-state index contributed by atoms with van der Waals surface area (Å²) in [6.45, 7) is 4.76. The highest BCUT2D eigenvalue weighted by atomic mass is 32.1. The smallest absolute Gasteiger partial charge is 0.152 e. The van der Waals surface area contributed by atoms with Crippen molar-refractivity contribution in [3.8, 4) is 88.0 Å². The van der Waals surface area contributed by atoms with Gasteiger partial charge >= 0.3 is 0 Å². The minimum absolute atomic E-state index is 0.189. The number of benzene rings is 14. The Morgan fingerprint density at radius 1 is 0.265 bits per heavy atom. The second-order valence-electron chi connectivity index (χ2n) is 27.7. The van der Waals surface area contributed by atoms with Crippen LogP contribution in [-0.2, 0) is 16.2 Å². The quantitative estimate of drug-likeness (QED) is 0.171. The second kappa shape index (κ2) is 19.8. The van der Waals surface area contributed by atoms with Gasteiger partial charge in [0.25, 0.3) is 0 Å². The molecular weight excluding hydrogens is 1230 g/mol. The predicted molar refractivity (Wildman–Crippen MR) is 408 cm³/mol. The van der Waals surface area contributed by atoms with Gasteiger partial charge in [-0.15, -0.1) is 22.7 Å². The molecule has 22 rings (SSSR count). The van der Waals surface area contributed by atoms with Gasteiger partial charge in [-0.2, -0.15) is 0 Å². The Labute approximate surface area is 576 Å². The van der Waals surface area contributed by atoms with E-state index in [0.717, 1.165) is 50.8 Å². The molecule has 0 bridgehead atoms. The number of ether oxygens (including phenoxy) is 1. The van der Waals surface area contributed by atoms with Gasteiger partial charge in [0.15, 0.2) is 11.5 Å². The molecule has 2 spiro atoms. The number of thiophene rings is 2. The van der Waals surface area contributed by atoms with Gasteiger partial charge in [-0.05, 0) is 200 Å². The molecule has 0 N–H and O–H groups in total. The van der Waals surface area contributed by atoms with Crippen LogP contribution in [0.1, 0.15) is 69.5 Å². The average molecular weight is 1280 g/mol. The molecule has 0 amide bonds. The van der Waals surface area contributed by atoms with E-state index in [1.807, 2.05) is 22.7 Å². The van der Waals surface area contributed by atoms with Crippen molar-refractivity contribution in [2.24, 2.45) is 0 Å². The van der Waals surface area contributed by atoms with Gasteiger partial charge in [-0.3, -0.25) is 0 Å². The summed E-state index contributed by atoms with van der Waals surface area (Å²) in [5, 5.41) is 2.64. The Balaban J connectivity index is 0.667. The first-order valence-corrected chi connectivity index (χ1v) is 35.7. The Morgan fingerprint density at radius 2 is 0.704 bits per heavy atom. The number of anilines is 6. The van der Waals surface area contributed by atoms with Crippen LogP contribution in [0.25, 0.3) is 96.7 Å². The average Bonchev–Trinajstić information content (AvgIpc) is 1.49. The number of para-hydroxylation sites is 2. The second-order valence-corrected chi connectivity index (χ2v) is 29.8. The van der Waals surface area contributed by atoms with Gasteiger partial charge in [0.1, 0.15) is 0 Å². The van der Waals surface area contributed by atoms with E-state index in [1.165, 1.54) is 147 Å². The van der Waals surface area contributed by atoms with Gasteiger partial charge in [-0.25, -0.2) is 0 Å². The molecule has 4 aliphatic carbocycles. The number of nitrogens with zero attached hydrogens (tertiary/aromatic N) is 2. The molecule has 4 heterocycles. The van der Waals surface area contributed by atoms with Gasteiger partial charge in [0.05, 0.1) is 39.3 Å². The highest BCUT2D eigenvalue weighted by Gasteiger charge is 2.57. The van der Waals surface area contributed by atoms with Crippen molar-refractivity contribution in [3.05, 3.63) is 371 Å². The van der Waals surface area contributed by atoms with Gasteiger partial charge in [0.2, 0.25) is 0 Å². The van der Waals surface area contributed by atoms with Crippen molar-refractivity contribution in [1.29, 1.82) is 0 Å². The van der Waals surface area contributed by atoms with E-state index >= 15 is 0 Å². The standard InChI is InChI=1S/C93H58N2OS2/c1-91(2)75-33-15-17-35-77(75)95(78-36-18-16-34-76(78)91)81-37-20-28-64-62-23-6-12-30-71(62)93(86(64)81)73-32-14-9-26-66(73)90-88(93)69-51-58(45-50-85(69)98-90)56-39-41-57(42-40-56)60-44-49-80-83(53-60)96-82-52-59(55-21-4-3-5-22-55)43-48-79(82)94(80)61-46-47-74-68(54-61)63-24-7-11-29-70(63)92(74)72-31-13-8-25-65(72)89-87(92)67-27-10-19-38-84(67)97-89/h3-54H,1-2H3. The van der Waals surface area contributed by atoms with Crippen LogP contribution in [0.15, 0.2) is 315 Å². The van der Waals surface area contributed by atoms with Crippen LogP contribution in [-0.4, -0.2) is 0 Å². The third kappa shape index (κ3) is 7.01. The summed E-state index contributed by atoms with van der Waals surface area (Å²) in [5.41, 5.74) is 33.6. The fourth-order valence-electron chi connectivity index (χ4n) is 18.6. The molecule has 2 aliphatic heterocycles. The lowest BCUT2D eigenvalue weighted by atomic mass is 9.68. The Hall–Kier alpha value is -11.6. The van der Waals surface area contributed by atoms with E-state index < -0.39 is 10.8 Å². The van der Waals surface area contributed by atoms with Crippen LogP contribution in [0.3, 0.4) is 0 Å². The third-order valence-corrected chi connectivity index (χ3v) is 25.1. The lowest BCUT2D eigenvalue weighted by Crippen LogP contribution is -2.33. The molecule has 6 aliphatic rings. The number of rotatable bonds is 5. The molecular formula is C93H58N2OS2. The molecule has 2 unspecified atom stereocenters. The monoisotopic (exact) mass is 1280 g/mol. The largest absolute Gasteiger partial charge is 0.453 e. The topological polar surface area (TPSA) is 15.7 Å². The fraction of sp³-hybridized carbons (Fsp3) is 0.0538. The van der Waals surface area contributed by atoms with Gasteiger partial charge in [0, 0.05) is 35.8 Å². The van der Waals surface area contributed by atoms with E-state index in [0.29, 0.717) is 0 Å². The first-order valence-electron chi connectivity index (χ1n) is 34.0. The normalized spacial score (nSPS) is 16.9. The maximum absolute atomic E-state index is 7.20. The summed E-state index contributed by atoms with van der Waals surface area (Å²) in [5.74, 6) is 1.62. The zero-order valence-electron chi connectivity index (χ0n) is 53.6. The van der Waals surface area contributed by atoms with E-state index in [1.54, 1.807) is 0 Å². The predicted octanol–water partition coefficient (Wildman–Crippen LogP) is 25.5. The maximum Gasteiger partial charge on any atom is 0.152 e. The molecule has 0 saturated heterocycles. The molecule has 98 heavy (non-hydrogen) atoms. The number of hydrogen-bond acceptors (Lipinski definition) is 5. The summed E-state index contributed by atoms with van der Waals surface area (Å²) in [6.07, 6.45) is 0. The van der Waals surface area contributed by atoms with Crippen LogP contribution in [0.4, 0.5) is 34.1 Å². The Bertz CT molecular complexity index is 6120. The molecule has 16 aromatic rings. The van der Waals surface area contributed by atoms with E-state index in [4.69, 9.17) is 4.74 Å². The van der Waals surface area contributed by atoms with Crippen LogP contribution < -0.4 is 14.5 Å². The zero-order chi connectivity index (χ0) is 64.3. The lowest BCUT2D eigenvalue weighted by molar-refractivity contribution is 0.477. The molecule has 0 radical (unpaired) electrons. The lowest BCUT2D eigenvalue weighted by Gasteiger charge is -2.43. The molecule has 0 fully saturated rings. The van der Waals surface area contributed by atoms with Crippen molar-refractivity contribution < 1.29 is 4.74 Å². The Morgan fingerprint density at radius 3 is 1.35 bits per heavy atom. The van der Waals surface area contributed by atoms with Crippen LogP contribution >= 0.6 is 22.7 Å². The highest BCUT2D eigenvalue weighted by molar-refractivity contribution is 7.23. The van der Waals surface area contributed by atoms with E-state index in [-0.39, 0.29) is 5.41 Å². The number of fused-ring (bicyclic) bond motifs is 28. The summed E-state index contributed by atoms with van der Waals surface area (Å²) in [7, 11) is 0. The summed E-state index contributed by atoms with van der Waals surface area (Å²) < 4.78 is 9.82. The van der Waals surface area contributed by atoms with Gasteiger partial charge in [-0.1, -0.05) is 257 Å². The number of hydrogen-bond donors (Lipinski definition) is 0. The summed E-state index contributed by atoms with van der Waals surface area (Å²) in [6, 6.07) is 119. The Kier molecular flexibility index (Phi) is 11.0. The molecule has 0 saturated carbocycles. The highest BCUT2D eigenvalue weighted by Crippen LogP contribution is 2.70. The molecule has 2 atom stereocenters. The SMILES string of the molecule is CC1(C)c2ccccc2N(c2cccc3c2C2(c4ccccc4-3)c3ccccc3-c3sc4ccc(-c5ccc(-c6ccc7c(c6)Oc6cc(-c8ccccc8)ccc6N7c6ccc7c(c6)-c6ccccc6C76c7ccccc7-c7sc8ccccc8c76)cc5)cc4c32)c2ccccc21. The van der Waals surface area contributed by atoms with Crippen molar-refractivity contribution in [1.82, 2.24) is 0 Å². The van der Waals surface area contributed by atoms with Gasteiger partial charge < -0.3 is 14.5 Å². The summed E-state index contributed by atoms with van der Waals surface area (Å²) in [4.78, 5) is 7.74. The van der Waals surface area contributed by atoms with Crippen molar-refractivity contribution in [3.63, 3.8) is 0 Å². The molecule has 5 heteroatoms. The van der Waals surface area contributed by atoms with Crippen molar-refractivity contribution in [2.75, 3.05) is 9.80 Å². The maximum atomic E-state index is 7.20. The molecule has 458 valence electrons. The third-order valence-electron chi connectivity index (χ3n) is 22.7. The first kappa shape index (κ1) is 54.6. The van der Waals surface area contributed by atoms with Crippen LogP contribution in [0.5, 0.6) is 11.5 Å². The first-order chi connectivity index (χ1) is 48.3. The zero-order valence-corrected chi connectivity index (χ0v) is 55.3. The molecule has 14 aromatic carbocycles. The van der Waals surface area contributed by atoms with E-state index in [9.17, 15) is 0 Å². The fourth-order valence-corrected chi connectivity index (χ4v) is 21.2. The van der Waals surface area contributed by atoms with E-state index in [2.05, 4.69) is 339 Å². The minimum atomic E-state index is -0.596. The molecule has 2 aromatic heterocycles. The summed E-state index contributed by atoms with van der Waals surface area (Å²) >= 11 is 3.87. The van der Waals surface area contributed by atoms with Crippen LogP contribution in [0, 0.1) is 0 Å². The van der Waals surface area contributed by atoms with Crippen molar-refractivity contribution in [2.45, 2.75) is 30.1 Å². The minimum Gasteiger partial charge on any atom is -0.453 e. The van der Waals surface area contributed by atoms with Crippen LogP contribution in [0.2, 0.25) is 0 Å². The molecule has 3 nitrogen and oxygen atoms in total.